The molecule has 0 unspecified atom stereocenters. The van der Waals surface area contributed by atoms with Gasteiger partial charge in [0, 0.05) is 19.0 Å². The van der Waals surface area contributed by atoms with Crippen molar-refractivity contribution in [3.63, 3.8) is 0 Å². The topological polar surface area (TPSA) is 143 Å². The van der Waals surface area contributed by atoms with Crippen LogP contribution in [0.25, 0.3) is 0 Å². The van der Waals surface area contributed by atoms with Gasteiger partial charge < -0.3 is 25.1 Å². The maximum atomic E-state index is 12.9. The number of allylic oxidation sites excluding steroid dienone is 4. The fourth-order valence-electron chi connectivity index (χ4n) is 6.99. The summed E-state index contributed by atoms with van der Waals surface area (Å²) >= 11 is 0. The van der Waals surface area contributed by atoms with E-state index in [0.717, 1.165) is 75.2 Å². The van der Waals surface area contributed by atoms with Gasteiger partial charge in [-0.3, -0.25) is 14.2 Å². The number of nitrogen functional groups attached to an aromatic ring is 1. The van der Waals surface area contributed by atoms with Crippen LogP contribution in [0.2, 0.25) is 0 Å². The number of rotatable bonds is 34. The third-order valence-corrected chi connectivity index (χ3v) is 10.4. The van der Waals surface area contributed by atoms with Gasteiger partial charge in [0.05, 0.1) is 0 Å². The van der Waals surface area contributed by atoms with Crippen LogP contribution in [-0.4, -0.2) is 51.5 Å². The van der Waals surface area contributed by atoms with Gasteiger partial charge in [0.1, 0.15) is 24.6 Å². The Balaban J connectivity index is 1.67. The molecule has 1 aromatic rings. The van der Waals surface area contributed by atoms with Gasteiger partial charge in [-0.05, 0) is 70.3 Å². The SMILES string of the molecule is CCCCCCCC/C=C\CCCCCCCC(=O)OC[C@H]1O[C@@H](n2ccc(N)nc2=O)[C@@H](O)[C@@H]1OC(=O)CCCCCCC/C=C\CCCCCCCC. The van der Waals surface area contributed by atoms with Crippen LogP contribution < -0.4 is 11.4 Å². The monoisotopic (exact) mass is 772 g/mol. The lowest BCUT2D eigenvalue weighted by molar-refractivity contribution is -0.160. The van der Waals surface area contributed by atoms with Crippen LogP contribution in [-0.2, 0) is 23.8 Å². The number of carbonyl (C=O) groups excluding carboxylic acids is 2. The average molecular weight is 772 g/mol. The van der Waals surface area contributed by atoms with E-state index in [4.69, 9.17) is 19.9 Å². The molecule has 2 heterocycles. The number of esters is 2. The predicted molar refractivity (Wildman–Crippen MR) is 223 cm³/mol. The lowest BCUT2D eigenvalue weighted by Gasteiger charge is -2.21. The molecule has 2 rings (SSSR count). The lowest BCUT2D eigenvalue weighted by atomic mass is 10.1. The van der Waals surface area contributed by atoms with Crippen LogP contribution in [0.4, 0.5) is 5.82 Å². The summed E-state index contributed by atoms with van der Waals surface area (Å²) in [6, 6.07) is 1.42. The molecule has 0 bridgehead atoms. The van der Waals surface area contributed by atoms with Crippen molar-refractivity contribution in [2.24, 2.45) is 0 Å². The van der Waals surface area contributed by atoms with Gasteiger partial charge in [-0.2, -0.15) is 4.98 Å². The molecule has 314 valence electrons. The quantitative estimate of drug-likeness (QED) is 0.0397. The van der Waals surface area contributed by atoms with E-state index >= 15 is 0 Å². The van der Waals surface area contributed by atoms with Crippen LogP contribution in [0.5, 0.6) is 0 Å². The first kappa shape index (κ1) is 48.2. The molecule has 0 aromatic carbocycles. The highest BCUT2D eigenvalue weighted by Gasteiger charge is 2.48. The number of unbranched alkanes of at least 4 members (excludes halogenated alkanes) is 22. The Morgan fingerprint density at radius 1 is 0.709 bits per heavy atom. The molecule has 3 N–H and O–H groups in total. The normalized spacial score (nSPS) is 18.5. The fraction of sp³-hybridized carbons (Fsp3) is 0.778. The van der Waals surface area contributed by atoms with E-state index in [1.807, 2.05) is 0 Å². The number of hydrogen-bond donors (Lipinski definition) is 2. The molecule has 1 fully saturated rings. The molecular formula is C45H77N3O7. The van der Waals surface area contributed by atoms with Gasteiger partial charge in [-0.1, -0.05) is 141 Å². The van der Waals surface area contributed by atoms with Crippen molar-refractivity contribution < 1.29 is 28.9 Å². The molecule has 0 spiro atoms. The first-order chi connectivity index (χ1) is 26.9. The maximum Gasteiger partial charge on any atom is 0.351 e. The molecule has 55 heavy (non-hydrogen) atoms. The molecule has 0 aliphatic carbocycles. The Kier molecular flexibility index (Phi) is 28.2. The van der Waals surface area contributed by atoms with E-state index in [1.54, 1.807) is 0 Å². The molecule has 1 aromatic heterocycles. The first-order valence-electron chi connectivity index (χ1n) is 22.2. The Bertz CT molecular complexity index is 1250. The van der Waals surface area contributed by atoms with E-state index in [1.165, 1.54) is 102 Å². The summed E-state index contributed by atoms with van der Waals surface area (Å²) in [5.74, 6) is -0.792. The van der Waals surface area contributed by atoms with Crippen molar-refractivity contribution in [1.82, 2.24) is 9.55 Å². The van der Waals surface area contributed by atoms with Crippen molar-refractivity contribution in [3.8, 4) is 0 Å². The second kappa shape index (κ2) is 32.1. The number of aliphatic hydroxyl groups is 1. The summed E-state index contributed by atoms with van der Waals surface area (Å²) in [6.07, 6.45) is 36.9. The number of aromatic nitrogens is 2. The zero-order valence-electron chi connectivity index (χ0n) is 34.6. The van der Waals surface area contributed by atoms with Crippen LogP contribution in [0, 0.1) is 0 Å². The third-order valence-electron chi connectivity index (χ3n) is 10.4. The van der Waals surface area contributed by atoms with Crippen LogP contribution in [0.1, 0.15) is 200 Å². The van der Waals surface area contributed by atoms with Gasteiger partial charge in [0.2, 0.25) is 0 Å². The van der Waals surface area contributed by atoms with Crippen molar-refractivity contribution in [3.05, 3.63) is 47.1 Å². The largest absolute Gasteiger partial charge is 0.463 e. The van der Waals surface area contributed by atoms with Crippen molar-refractivity contribution in [2.45, 2.75) is 218 Å². The summed E-state index contributed by atoms with van der Waals surface area (Å²) in [5, 5.41) is 11.2. The molecule has 4 atom stereocenters. The zero-order chi connectivity index (χ0) is 39.8. The molecule has 10 heteroatoms. The number of nitrogens with zero attached hydrogens (tertiary/aromatic N) is 2. The van der Waals surface area contributed by atoms with Gasteiger partial charge in [0.15, 0.2) is 12.3 Å². The summed E-state index contributed by atoms with van der Waals surface area (Å²) < 4.78 is 18.3. The van der Waals surface area contributed by atoms with E-state index in [-0.39, 0.29) is 31.2 Å². The number of aliphatic hydroxyl groups excluding tert-OH is 1. The fourth-order valence-corrected chi connectivity index (χ4v) is 6.99. The Morgan fingerprint density at radius 3 is 1.62 bits per heavy atom. The van der Waals surface area contributed by atoms with E-state index in [0.29, 0.717) is 6.42 Å². The second-order valence-corrected chi connectivity index (χ2v) is 15.4. The number of hydrogen-bond acceptors (Lipinski definition) is 9. The molecule has 0 saturated carbocycles. The van der Waals surface area contributed by atoms with Gasteiger partial charge in [0.25, 0.3) is 0 Å². The van der Waals surface area contributed by atoms with Crippen molar-refractivity contribution >= 4 is 17.8 Å². The zero-order valence-corrected chi connectivity index (χ0v) is 34.6. The summed E-state index contributed by atoms with van der Waals surface area (Å²) in [6.45, 7) is 4.29. The summed E-state index contributed by atoms with van der Waals surface area (Å²) in [5.41, 5.74) is 4.94. The second-order valence-electron chi connectivity index (χ2n) is 15.4. The minimum atomic E-state index is -1.37. The van der Waals surface area contributed by atoms with Crippen LogP contribution in [0.3, 0.4) is 0 Å². The Hall–Kier alpha value is -2.98. The van der Waals surface area contributed by atoms with Crippen molar-refractivity contribution in [1.29, 1.82) is 0 Å². The molecule has 1 aliphatic rings. The minimum absolute atomic E-state index is 0.0396. The average Bonchev–Trinajstić information content (AvgIpc) is 3.47. The molecule has 0 amide bonds. The Labute approximate surface area is 333 Å². The van der Waals surface area contributed by atoms with E-state index < -0.39 is 36.2 Å². The van der Waals surface area contributed by atoms with Gasteiger partial charge in [-0.25, -0.2) is 4.79 Å². The molecule has 10 nitrogen and oxygen atoms in total. The summed E-state index contributed by atoms with van der Waals surface area (Å²) in [7, 11) is 0. The predicted octanol–water partition coefficient (Wildman–Crippen LogP) is 10.6. The first-order valence-corrected chi connectivity index (χ1v) is 22.2. The highest BCUT2D eigenvalue weighted by atomic mass is 16.6. The van der Waals surface area contributed by atoms with Crippen LogP contribution in [0.15, 0.2) is 41.4 Å². The van der Waals surface area contributed by atoms with Gasteiger partial charge >= 0.3 is 17.6 Å². The molecule has 1 aliphatic heterocycles. The Morgan fingerprint density at radius 2 is 1.15 bits per heavy atom. The van der Waals surface area contributed by atoms with Crippen LogP contribution >= 0.6 is 0 Å². The molecule has 1 saturated heterocycles. The smallest absolute Gasteiger partial charge is 0.351 e. The highest BCUT2D eigenvalue weighted by Crippen LogP contribution is 2.31. The number of anilines is 1. The standard InChI is InChI=1S/C45H77N3O7/c1-3-5-7-9-11-13-15-17-19-21-23-25-27-29-31-33-40(49)53-37-38-43(42(51)44(54-38)48-36-35-39(46)47-45(48)52)55-41(50)34-32-30-28-26-24-22-20-18-16-14-12-10-8-6-4-2/h17-20,35-36,38,42-44,51H,3-16,21-34,37H2,1-2H3,(H2,46,47,52)/b19-17-,20-18-/t38-,42+,43-,44-/m1/s1. The van der Waals surface area contributed by atoms with Crippen molar-refractivity contribution in [2.75, 3.05) is 12.3 Å². The minimum Gasteiger partial charge on any atom is -0.463 e. The number of carbonyl (C=O) groups is 2. The third kappa shape index (κ3) is 23.0. The highest BCUT2D eigenvalue weighted by molar-refractivity contribution is 5.70. The lowest BCUT2D eigenvalue weighted by Crippen LogP contribution is -2.39. The maximum absolute atomic E-state index is 12.9. The number of ether oxygens (including phenoxy) is 3. The van der Waals surface area contributed by atoms with E-state index in [9.17, 15) is 19.5 Å². The number of nitrogens with two attached hydrogens (primary N) is 1. The van der Waals surface area contributed by atoms with Gasteiger partial charge in [-0.15, -0.1) is 0 Å². The molecular weight excluding hydrogens is 695 g/mol. The molecule has 0 radical (unpaired) electrons. The summed E-state index contributed by atoms with van der Waals surface area (Å²) in [4.78, 5) is 41.8. The van der Waals surface area contributed by atoms with E-state index in [2.05, 4.69) is 43.1 Å².